The van der Waals surface area contributed by atoms with Crippen LogP contribution in [-0.4, -0.2) is 37.8 Å². The Balaban J connectivity index is 1.46. The zero-order chi connectivity index (χ0) is 25.1. The van der Waals surface area contributed by atoms with Gasteiger partial charge in [-0.15, -0.1) is 0 Å². The number of hydrogen-bond donors (Lipinski definition) is 3. The number of pyridine rings is 1. The van der Waals surface area contributed by atoms with Crippen molar-refractivity contribution < 1.29 is 5.11 Å². The maximum atomic E-state index is 10.6. The lowest BCUT2D eigenvalue weighted by molar-refractivity contribution is 0.315. The van der Waals surface area contributed by atoms with Crippen molar-refractivity contribution >= 4 is 23.0 Å². The first kappa shape index (κ1) is 23.9. The van der Waals surface area contributed by atoms with Gasteiger partial charge in [0, 0.05) is 36.4 Å². The quantitative estimate of drug-likeness (QED) is 0.215. The van der Waals surface area contributed by atoms with Gasteiger partial charge in [0.2, 0.25) is 0 Å². The number of aryl methyl sites for hydroxylation is 1. The highest BCUT2D eigenvalue weighted by Gasteiger charge is 2.41. The first-order valence-corrected chi connectivity index (χ1v) is 12.7. The molecule has 4 aromatic rings. The molecule has 0 saturated carbocycles. The van der Waals surface area contributed by atoms with Crippen molar-refractivity contribution in [3.63, 3.8) is 0 Å². The molecule has 1 aliphatic rings. The van der Waals surface area contributed by atoms with Gasteiger partial charge < -0.3 is 25.2 Å². The average molecular weight is 498 g/mol. The number of para-hydroxylation sites is 3. The number of phenols is 1. The van der Waals surface area contributed by atoms with Crippen LogP contribution >= 0.6 is 12.2 Å². The molecule has 0 radical (unpaired) electrons. The highest BCUT2D eigenvalue weighted by molar-refractivity contribution is 7.80. The Morgan fingerprint density at radius 2 is 1.75 bits per heavy atom. The van der Waals surface area contributed by atoms with E-state index >= 15 is 0 Å². The molecular weight excluding hydrogens is 466 g/mol. The minimum absolute atomic E-state index is 0.0186. The molecule has 2 atom stereocenters. The van der Waals surface area contributed by atoms with Crippen LogP contribution in [0.25, 0.3) is 5.69 Å². The van der Waals surface area contributed by atoms with Crippen LogP contribution in [0.4, 0.5) is 5.69 Å². The van der Waals surface area contributed by atoms with Crippen molar-refractivity contribution in [2.75, 3.05) is 18.4 Å². The van der Waals surface area contributed by atoms with E-state index in [0.29, 0.717) is 0 Å². The Bertz CT molecular complexity index is 1340. The third kappa shape index (κ3) is 4.66. The third-order valence-electron chi connectivity index (χ3n) is 6.79. The highest BCUT2D eigenvalue weighted by atomic mass is 32.1. The normalized spacial score (nSPS) is 17.3. The number of nitrogens with one attached hydrogen (secondary N) is 2. The summed E-state index contributed by atoms with van der Waals surface area (Å²) in [4.78, 5) is 6.95. The van der Waals surface area contributed by atoms with Gasteiger partial charge in [0.05, 0.1) is 23.5 Å². The number of nitrogens with zero attached hydrogens (tertiary/aromatic N) is 3. The number of aromatic hydroxyl groups is 1. The fourth-order valence-electron chi connectivity index (χ4n) is 5.13. The maximum Gasteiger partial charge on any atom is 0.170 e. The van der Waals surface area contributed by atoms with Crippen LogP contribution in [0, 0.1) is 13.8 Å². The van der Waals surface area contributed by atoms with Gasteiger partial charge >= 0.3 is 0 Å². The molecule has 1 fully saturated rings. The van der Waals surface area contributed by atoms with E-state index in [1.54, 1.807) is 6.07 Å². The van der Waals surface area contributed by atoms with Crippen molar-refractivity contribution in [3.05, 3.63) is 108 Å². The van der Waals surface area contributed by atoms with E-state index in [4.69, 9.17) is 12.2 Å². The molecule has 184 valence electrons. The zero-order valence-corrected chi connectivity index (χ0v) is 21.4. The highest BCUT2D eigenvalue weighted by Crippen LogP contribution is 2.42. The monoisotopic (exact) mass is 497 g/mol. The number of phenolic OH excluding ortho intramolecular Hbond substituents is 1. The van der Waals surface area contributed by atoms with E-state index in [9.17, 15) is 5.11 Å². The molecule has 0 spiro atoms. The Kier molecular flexibility index (Phi) is 6.91. The lowest BCUT2D eigenvalue weighted by atomic mass is 9.96. The van der Waals surface area contributed by atoms with E-state index in [-0.39, 0.29) is 17.8 Å². The number of aromatic nitrogens is 2. The van der Waals surface area contributed by atoms with Gasteiger partial charge in [0.1, 0.15) is 5.75 Å². The molecule has 2 aromatic carbocycles. The molecule has 0 bridgehead atoms. The van der Waals surface area contributed by atoms with Crippen LogP contribution in [0.5, 0.6) is 5.75 Å². The largest absolute Gasteiger partial charge is 0.506 e. The Hall–Kier alpha value is -3.84. The van der Waals surface area contributed by atoms with Crippen LogP contribution < -0.4 is 10.6 Å². The summed E-state index contributed by atoms with van der Waals surface area (Å²) < 4.78 is 2.12. The van der Waals surface area contributed by atoms with E-state index in [1.165, 1.54) is 5.56 Å². The van der Waals surface area contributed by atoms with Gasteiger partial charge in [-0.2, -0.15) is 0 Å². The van der Waals surface area contributed by atoms with Crippen molar-refractivity contribution in [1.29, 1.82) is 0 Å². The Morgan fingerprint density at radius 3 is 2.50 bits per heavy atom. The topological polar surface area (TPSA) is 65.4 Å². The predicted molar refractivity (Wildman–Crippen MR) is 149 cm³/mol. The third-order valence-corrected chi connectivity index (χ3v) is 7.14. The van der Waals surface area contributed by atoms with Crippen LogP contribution in [0.15, 0.2) is 85.1 Å². The molecule has 0 aliphatic carbocycles. The van der Waals surface area contributed by atoms with Gasteiger partial charge in [0.25, 0.3) is 0 Å². The molecule has 5 rings (SSSR count). The summed E-state index contributed by atoms with van der Waals surface area (Å²) in [5.74, 6) is 0.260. The van der Waals surface area contributed by atoms with Gasteiger partial charge in [-0.1, -0.05) is 36.4 Å². The second-order valence-electron chi connectivity index (χ2n) is 9.12. The lowest BCUT2D eigenvalue weighted by Crippen LogP contribution is -2.31. The van der Waals surface area contributed by atoms with E-state index in [1.807, 2.05) is 54.7 Å². The average Bonchev–Trinajstić information content (AvgIpc) is 3.38. The summed E-state index contributed by atoms with van der Waals surface area (Å²) in [7, 11) is 0. The maximum absolute atomic E-state index is 10.6. The van der Waals surface area contributed by atoms with Gasteiger partial charge in [0.15, 0.2) is 5.11 Å². The number of benzene rings is 2. The molecule has 1 aliphatic heterocycles. The van der Waals surface area contributed by atoms with Crippen LogP contribution in [0.3, 0.4) is 0 Å². The molecule has 2 aromatic heterocycles. The van der Waals surface area contributed by atoms with E-state index in [0.717, 1.165) is 53.1 Å². The number of hydrogen-bond acceptors (Lipinski definition) is 4. The first-order valence-electron chi connectivity index (χ1n) is 12.3. The van der Waals surface area contributed by atoms with E-state index < -0.39 is 0 Å². The molecule has 6 nitrogen and oxygen atoms in total. The molecule has 1 saturated heterocycles. The van der Waals surface area contributed by atoms with Crippen molar-refractivity contribution in [1.82, 2.24) is 19.8 Å². The fourth-order valence-corrected chi connectivity index (χ4v) is 5.47. The van der Waals surface area contributed by atoms with Crippen molar-refractivity contribution in [3.8, 4) is 11.4 Å². The minimum atomic E-state index is -0.0703. The second-order valence-corrected chi connectivity index (χ2v) is 9.50. The SMILES string of the molecule is Cc1cc([C@H]2[C@@H](c3ccccn3)NC(=S)N2CCCNc2ccccc2)c(C)n1-c1ccccc1O. The zero-order valence-electron chi connectivity index (χ0n) is 20.6. The second kappa shape index (κ2) is 10.4. The minimum Gasteiger partial charge on any atom is -0.506 e. The summed E-state index contributed by atoms with van der Waals surface area (Å²) in [6.45, 7) is 5.84. The van der Waals surface area contributed by atoms with E-state index in [2.05, 4.69) is 63.2 Å². The van der Waals surface area contributed by atoms with Crippen LogP contribution in [-0.2, 0) is 0 Å². The summed E-state index contributed by atoms with van der Waals surface area (Å²) >= 11 is 5.85. The summed E-state index contributed by atoms with van der Waals surface area (Å²) in [5, 5.41) is 18.4. The number of thiocarbonyl (C=S) groups is 1. The Labute approximate surface area is 217 Å². The molecule has 36 heavy (non-hydrogen) atoms. The molecule has 3 N–H and O–H groups in total. The number of anilines is 1. The van der Waals surface area contributed by atoms with Crippen LogP contribution in [0.2, 0.25) is 0 Å². The fraction of sp³-hybridized carbons (Fsp3) is 0.241. The predicted octanol–water partition coefficient (Wildman–Crippen LogP) is 5.67. The number of rotatable bonds is 8. The summed E-state index contributed by atoms with van der Waals surface area (Å²) in [6.07, 6.45) is 2.76. The molecule has 3 heterocycles. The lowest BCUT2D eigenvalue weighted by Gasteiger charge is -2.28. The standard InChI is InChI=1S/C29H31N5OS/c1-20-19-23(21(2)34(20)25-14-6-7-15-26(25)35)28-27(24-13-8-9-16-31-24)32-29(36)33(28)18-10-17-30-22-11-4-3-5-12-22/h3-9,11-16,19,27-28,30,35H,10,17-18H2,1-2H3,(H,32,36)/t27-,28+/m1/s1. The van der Waals surface area contributed by atoms with Crippen LogP contribution in [0.1, 0.15) is 41.1 Å². The first-order chi connectivity index (χ1) is 17.5. The molecule has 0 unspecified atom stereocenters. The molecule has 7 heteroatoms. The van der Waals surface area contributed by atoms with Gasteiger partial charge in [-0.25, -0.2) is 0 Å². The van der Waals surface area contributed by atoms with Gasteiger partial charge in [-0.3, -0.25) is 4.98 Å². The van der Waals surface area contributed by atoms with Crippen molar-refractivity contribution in [2.45, 2.75) is 32.4 Å². The summed E-state index contributed by atoms with van der Waals surface area (Å²) in [5.41, 5.74) is 6.18. The van der Waals surface area contributed by atoms with Crippen molar-refractivity contribution in [2.24, 2.45) is 0 Å². The molecular formula is C29H31N5OS. The Morgan fingerprint density at radius 1 is 1.00 bits per heavy atom. The molecule has 0 amide bonds. The summed E-state index contributed by atoms with van der Waals surface area (Å²) in [6, 6.07) is 25.8. The van der Waals surface area contributed by atoms with Gasteiger partial charge in [-0.05, 0) is 80.5 Å². The smallest absolute Gasteiger partial charge is 0.170 e.